The van der Waals surface area contributed by atoms with Crippen LogP contribution in [0.3, 0.4) is 0 Å². The van der Waals surface area contributed by atoms with Gasteiger partial charge in [0.15, 0.2) is 0 Å². The maximum absolute atomic E-state index is 10.0. The maximum atomic E-state index is 10.0. The van der Waals surface area contributed by atoms with Gasteiger partial charge in [0.1, 0.15) is 12.6 Å². The summed E-state index contributed by atoms with van der Waals surface area (Å²) < 4.78 is 0. The van der Waals surface area contributed by atoms with Crippen LogP contribution in [-0.4, -0.2) is 12.6 Å². The lowest BCUT2D eigenvalue weighted by Crippen LogP contribution is -1.74. The zero-order chi connectivity index (χ0) is 10.2. The Morgan fingerprint density at radius 2 is 1.07 bits per heavy atom. The smallest absolute Gasteiger partial charge is 0.142 e. The van der Waals surface area contributed by atoms with Gasteiger partial charge >= 0.3 is 0 Å². The first-order valence-electron chi connectivity index (χ1n) is 4.20. The Labute approximate surface area is 82.6 Å². The van der Waals surface area contributed by atoms with Gasteiger partial charge in [0.25, 0.3) is 0 Å². The summed E-state index contributed by atoms with van der Waals surface area (Å²) in [4.78, 5) is 20.1. The molecule has 0 aliphatic carbocycles. The number of hydrogen-bond donors (Lipinski definition) is 0. The Hall–Kier alpha value is -1.96. The minimum absolute atomic E-state index is 0.736. The van der Waals surface area contributed by atoms with E-state index in [4.69, 9.17) is 0 Å². The maximum Gasteiger partial charge on any atom is 0.142 e. The molecule has 0 spiro atoms. The molecular formula is C12H10O2. The molecule has 0 fully saturated rings. The number of rotatable bonds is 4. The lowest BCUT2D eigenvalue weighted by molar-refractivity contribution is -0.104. The molecule has 0 unspecified atom stereocenters. The minimum Gasteiger partial charge on any atom is -0.299 e. The van der Waals surface area contributed by atoms with Crippen molar-refractivity contribution in [3.05, 3.63) is 47.5 Å². The molecule has 1 aromatic carbocycles. The van der Waals surface area contributed by atoms with Crippen LogP contribution < -0.4 is 0 Å². The van der Waals surface area contributed by atoms with E-state index in [2.05, 4.69) is 0 Å². The third-order valence-corrected chi connectivity index (χ3v) is 1.67. The van der Waals surface area contributed by atoms with Crippen molar-refractivity contribution in [1.29, 1.82) is 0 Å². The normalized spacial score (nSPS) is 10.9. The van der Waals surface area contributed by atoms with Crippen LogP contribution in [0.4, 0.5) is 0 Å². The number of aldehydes is 2. The summed E-state index contributed by atoms with van der Waals surface area (Å²) in [7, 11) is 0. The Morgan fingerprint density at radius 1 is 0.714 bits per heavy atom. The van der Waals surface area contributed by atoms with Crippen LogP contribution in [0, 0.1) is 0 Å². The van der Waals surface area contributed by atoms with Gasteiger partial charge < -0.3 is 0 Å². The Morgan fingerprint density at radius 3 is 1.36 bits per heavy atom. The number of allylic oxidation sites excluding steroid dienone is 2. The highest BCUT2D eigenvalue weighted by Gasteiger charge is 1.87. The summed E-state index contributed by atoms with van der Waals surface area (Å²) in [6.07, 6.45) is 7.80. The van der Waals surface area contributed by atoms with E-state index in [-0.39, 0.29) is 0 Å². The van der Waals surface area contributed by atoms with E-state index in [0.717, 1.165) is 23.7 Å². The second-order valence-electron chi connectivity index (χ2n) is 2.66. The molecule has 0 saturated carbocycles. The molecule has 0 heterocycles. The summed E-state index contributed by atoms with van der Waals surface area (Å²) >= 11 is 0. The molecule has 1 aromatic rings. The lowest BCUT2D eigenvalue weighted by atomic mass is 10.1. The average Bonchev–Trinajstić information content (AvgIpc) is 2.25. The standard InChI is InChI=1S/C12H10O2/c13-9-1-3-11-5-7-12(8-6-11)4-2-10-14/h1-10H/b3-1+,4-2+. The molecule has 2 nitrogen and oxygen atoms in total. The Kier molecular flexibility index (Phi) is 4.08. The SMILES string of the molecule is O=C/C=C/c1ccc(/C=C/C=O)cc1. The fourth-order valence-corrected chi connectivity index (χ4v) is 1.02. The molecule has 0 aliphatic rings. The van der Waals surface area contributed by atoms with Crippen LogP contribution in [-0.2, 0) is 9.59 Å². The molecule has 0 radical (unpaired) electrons. The molecule has 0 saturated heterocycles. The fraction of sp³-hybridized carbons (Fsp3) is 0. The first-order valence-corrected chi connectivity index (χ1v) is 4.20. The van der Waals surface area contributed by atoms with E-state index in [1.54, 1.807) is 12.2 Å². The van der Waals surface area contributed by atoms with Gasteiger partial charge in [-0.15, -0.1) is 0 Å². The summed E-state index contributed by atoms with van der Waals surface area (Å²) in [5.41, 5.74) is 1.92. The van der Waals surface area contributed by atoms with Crippen molar-refractivity contribution in [2.45, 2.75) is 0 Å². The van der Waals surface area contributed by atoms with Crippen molar-refractivity contribution in [3.8, 4) is 0 Å². The van der Waals surface area contributed by atoms with Crippen LogP contribution in [0.15, 0.2) is 36.4 Å². The topological polar surface area (TPSA) is 34.1 Å². The van der Waals surface area contributed by atoms with Crippen LogP contribution in [0.2, 0.25) is 0 Å². The quantitative estimate of drug-likeness (QED) is 0.533. The largest absolute Gasteiger partial charge is 0.299 e. The van der Waals surface area contributed by atoms with Gasteiger partial charge in [0.2, 0.25) is 0 Å². The molecule has 14 heavy (non-hydrogen) atoms. The van der Waals surface area contributed by atoms with Gasteiger partial charge in [-0.3, -0.25) is 9.59 Å². The van der Waals surface area contributed by atoms with E-state index in [9.17, 15) is 9.59 Å². The van der Waals surface area contributed by atoms with Crippen LogP contribution in [0.5, 0.6) is 0 Å². The molecule has 2 heteroatoms. The summed E-state index contributed by atoms with van der Waals surface area (Å²) in [5.74, 6) is 0. The first kappa shape index (κ1) is 10.1. The van der Waals surface area contributed by atoms with Crippen molar-refractivity contribution < 1.29 is 9.59 Å². The number of carbonyl (C=O) groups excluding carboxylic acids is 2. The summed E-state index contributed by atoms with van der Waals surface area (Å²) in [6, 6.07) is 7.52. The number of hydrogen-bond acceptors (Lipinski definition) is 2. The van der Waals surface area contributed by atoms with Crippen molar-refractivity contribution in [1.82, 2.24) is 0 Å². The van der Waals surface area contributed by atoms with Crippen molar-refractivity contribution in [2.24, 2.45) is 0 Å². The van der Waals surface area contributed by atoms with Crippen molar-refractivity contribution >= 4 is 24.7 Å². The molecule has 0 N–H and O–H groups in total. The second kappa shape index (κ2) is 5.65. The highest BCUT2D eigenvalue weighted by atomic mass is 16.1. The monoisotopic (exact) mass is 186 g/mol. The van der Waals surface area contributed by atoms with Gasteiger partial charge in [0, 0.05) is 0 Å². The fourth-order valence-electron chi connectivity index (χ4n) is 1.02. The molecule has 0 aromatic heterocycles. The molecule has 1 rings (SSSR count). The molecular weight excluding hydrogens is 176 g/mol. The van der Waals surface area contributed by atoms with Crippen LogP contribution >= 0.6 is 0 Å². The predicted octanol–water partition coefficient (Wildman–Crippen LogP) is 2.11. The van der Waals surface area contributed by atoms with Crippen LogP contribution in [0.1, 0.15) is 11.1 Å². The zero-order valence-corrected chi connectivity index (χ0v) is 7.59. The molecule has 0 atom stereocenters. The van der Waals surface area contributed by atoms with Gasteiger partial charge in [-0.1, -0.05) is 36.4 Å². The van der Waals surface area contributed by atoms with Gasteiger partial charge in [-0.2, -0.15) is 0 Å². The molecule has 0 aliphatic heterocycles. The van der Waals surface area contributed by atoms with Crippen molar-refractivity contribution in [2.75, 3.05) is 0 Å². The average molecular weight is 186 g/mol. The highest BCUT2D eigenvalue weighted by molar-refractivity contribution is 5.75. The van der Waals surface area contributed by atoms with E-state index in [0.29, 0.717) is 0 Å². The summed E-state index contributed by atoms with van der Waals surface area (Å²) in [6.45, 7) is 0. The van der Waals surface area contributed by atoms with Gasteiger partial charge in [-0.25, -0.2) is 0 Å². The highest BCUT2D eigenvalue weighted by Crippen LogP contribution is 2.07. The van der Waals surface area contributed by atoms with E-state index in [1.807, 2.05) is 24.3 Å². The van der Waals surface area contributed by atoms with E-state index < -0.39 is 0 Å². The predicted molar refractivity (Wildman–Crippen MR) is 56.6 cm³/mol. The Balaban J connectivity index is 2.77. The van der Waals surface area contributed by atoms with E-state index >= 15 is 0 Å². The van der Waals surface area contributed by atoms with E-state index in [1.165, 1.54) is 12.2 Å². The molecule has 70 valence electrons. The lowest BCUT2D eigenvalue weighted by Gasteiger charge is -1.94. The van der Waals surface area contributed by atoms with Crippen molar-refractivity contribution in [3.63, 3.8) is 0 Å². The van der Waals surface area contributed by atoms with Crippen LogP contribution in [0.25, 0.3) is 12.2 Å². The van der Waals surface area contributed by atoms with Gasteiger partial charge in [0.05, 0.1) is 0 Å². The third-order valence-electron chi connectivity index (χ3n) is 1.67. The molecule has 0 amide bonds. The first-order chi connectivity index (χ1) is 6.86. The second-order valence-corrected chi connectivity index (χ2v) is 2.66. The summed E-state index contributed by atoms with van der Waals surface area (Å²) in [5, 5.41) is 0. The number of benzene rings is 1. The molecule has 0 bridgehead atoms. The Bertz CT molecular complexity index is 321. The number of carbonyl (C=O) groups is 2. The van der Waals surface area contributed by atoms with Gasteiger partial charge in [-0.05, 0) is 23.3 Å². The zero-order valence-electron chi connectivity index (χ0n) is 7.59. The third kappa shape index (κ3) is 3.19. The minimum atomic E-state index is 0.736.